The molecule has 0 bridgehead atoms. The number of esters is 2. The van der Waals surface area contributed by atoms with Crippen molar-refractivity contribution in [3.8, 4) is 0 Å². The van der Waals surface area contributed by atoms with Crippen molar-refractivity contribution in [3.05, 3.63) is 0 Å². The van der Waals surface area contributed by atoms with Crippen LogP contribution in [-0.4, -0.2) is 36.4 Å². The fourth-order valence-corrected chi connectivity index (χ4v) is 3.38. The molecule has 2 atom stereocenters. The summed E-state index contributed by atoms with van der Waals surface area (Å²) < 4.78 is 10.4. The third-order valence-electron chi connectivity index (χ3n) is 4.12. The minimum absolute atomic E-state index is 0.117. The summed E-state index contributed by atoms with van der Waals surface area (Å²) in [4.78, 5) is 25.2. The Morgan fingerprint density at radius 2 is 1.67 bits per heavy atom. The number of carbonyl (C=O) groups is 2. The summed E-state index contributed by atoms with van der Waals surface area (Å²) in [6, 6.07) is 0. The van der Waals surface area contributed by atoms with Crippen LogP contribution in [-0.2, 0) is 19.1 Å². The molecule has 1 N–H and O–H groups in total. The predicted molar refractivity (Wildman–Crippen MR) is 78.5 cm³/mol. The Labute approximate surface area is 127 Å². The highest BCUT2D eigenvalue weighted by Crippen LogP contribution is 2.46. The fraction of sp³-hybridized carbons (Fsp3) is 0.875. The van der Waals surface area contributed by atoms with Gasteiger partial charge < -0.3 is 14.6 Å². The third-order valence-corrected chi connectivity index (χ3v) is 4.12. The molecule has 21 heavy (non-hydrogen) atoms. The summed E-state index contributed by atoms with van der Waals surface area (Å²) in [5, 5.41) is 10.3. The normalized spacial score (nSPS) is 22.4. The van der Waals surface area contributed by atoms with Crippen molar-refractivity contribution < 1.29 is 24.2 Å². The monoisotopic (exact) mass is 300 g/mol. The molecule has 0 amide bonds. The molecule has 1 fully saturated rings. The Bertz CT molecular complexity index is 346. The van der Waals surface area contributed by atoms with E-state index in [1.54, 1.807) is 13.8 Å². The molecule has 0 heterocycles. The van der Waals surface area contributed by atoms with Crippen LogP contribution in [0.15, 0.2) is 0 Å². The highest BCUT2D eigenvalue weighted by molar-refractivity contribution is 6.00. The highest BCUT2D eigenvalue weighted by Gasteiger charge is 2.57. The van der Waals surface area contributed by atoms with Crippen LogP contribution in [0.2, 0.25) is 0 Å². The van der Waals surface area contributed by atoms with E-state index in [9.17, 15) is 14.7 Å². The Morgan fingerprint density at radius 1 is 1.14 bits per heavy atom. The quantitative estimate of drug-likeness (QED) is 0.577. The molecule has 0 spiro atoms. The van der Waals surface area contributed by atoms with Crippen LogP contribution in [0.4, 0.5) is 0 Å². The second kappa shape index (κ2) is 7.78. The van der Waals surface area contributed by atoms with Crippen LogP contribution in [0, 0.1) is 17.3 Å². The Kier molecular flexibility index (Phi) is 6.65. The molecule has 5 nitrogen and oxygen atoms in total. The van der Waals surface area contributed by atoms with Gasteiger partial charge in [0.05, 0.1) is 19.3 Å². The summed E-state index contributed by atoms with van der Waals surface area (Å²) in [5.41, 5.74) is -1.38. The standard InChI is InChI=1S/C16H28O5/c1-5-20-14(18)16(10-11(3)4,15(19)21-6-2)12-8-7-9-13(12)17/h11-13,17H,5-10H2,1-4H3. The van der Waals surface area contributed by atoms with Gasteiger partial charge >= 0.3 is 11.9 Å². The van der Waals surface area contributed by atoms with E-state index in [0.29, 0.717) is 19.3 Å². The molecule has 0 radical (unpaired) electrons. The van der Waals surface area contributed by atoms with Gasteiger partial charge in [-0.2, -0.15) is 0 Å². The van der Waals surface area contributed by atoms with Crippen molar-refractivity contribution in [3.63, 3.8) is 0 Å². The number of carbonyl (C=O) groups excluding carboxylic acids is 2. The van der Waals surface area contributed by atoms with Crippen LogP contribution in [0.5, 0.6) is 0 Å². The van der Waals surface area contributed by atoms with Gasteiger partial charge in [-0.1, -0.05) is 20.3 Å². The first-order valence-electron chi connectivity index (χ1n) is 7.92. The van der Waals surface area contributed by atoms with E-state index in [4.69, 9.17) is 9.47 Å². The topological polar surface area (TPSA) is 72.8 Å². The van der Waals surface area contributed by atoms with Crippen LogP contribution in [0.1, 0.15) is 53.4 Å². The van der Waals surface area contributed by atoms with Gasteiger partial charge in [0.2, 0.25) is 0 Å². The van der Waals surface area contributed by atoms with Crippen LogP contribution in [0.3, 0.4) is 0 Å². The summed E-state index contributed by atoms with van der Waals surface area (Å²) in [6.07, 6.45) is 1.75. The largest absolute Gasteiger partial charge is 0.465 e. The lowest BCUT2D eigenvalue weighted by atomic mass is 9.68. The Hall–Kier alpha value is -1.10. The minimum Gasteiger partial charge on any atom is -0.465 e. The number of ether oxygens (including phenoxy) is 2. The van der Waals surface area contributed by atoms with Crippen LogP contribution < -0.4 is 0 Å². The lowest BCUT2D eigenvalue weighted by molar-refractivity contribution is -0.181. The number of hydrogen-bond acceptors (Lipinski definition) is 5. The zero-order valence-corrected chi connectivity index (χ0v) is 13.6. The summed E-state index contributed by atoms with van der Waals surface area (Å²) in [7, 11) is 0. The zero-order chi connectivity index (χ0) is 16.0. The maximum absolute atomic E-state index is 12.6. The number of aliphatic hydroxyl groups is 1. The van der Waals surface area contributed by atoms with E-state index in [2.05, 4.69) is 0 Å². The van der Waals surface area contributed by atoms with Crippen molar-refractivity contribution in [1.82, 2.24) is 0 Å². The van der Waals surface area contributed by atoms with Gasteiger partial charge in [-0.05, 0) is 39.0 Å². The van der Waals surface area contributed by atoms with E-state index in [0.717, 1.165) is 6.42 Å². The highest BCUT2D eigenvalue weighted by atomic mass is 16.6. The van der Waals surface area contributed by atoms with E-state index < -0.39 is 29.4 Å². The second-order valence-electron chi connectivity index (χ2n) is 6.12. The van der Waals surface area contributed by atoms with Crippen molar-refractivity contribution in [2.24, 2.45) is 17.3 Å². The number of aliphatic hydroxyl groups excluding tert-OH is 1. The predicted octanol–water partition coefficient (Wildman–Crippen LogP) is 2.31. The molecular weight excluding hydrogens is 272 g/mol. The summed E-state index contributed by atoms with van der Waals surface area (Å²) in [6.45, 7) is 7.76. The molecule has 0 aromatic rings. The zero-order valence-electron chi connectivity index (χ0n) is 13.6. The first kappa shape index (κ1) is 18.0. The molecule has 0 aromatic heterocycles. The molecule has 2 unspecified atom stereocenters. The maximum Gasteiger partial charge on any atom is 0.323 e. The molecule has 122 valence electrons. The van der Waals surface area contributed by atoms with Gasteiger partial charge in [0.15, 0.2) is 5.41 Å². The van der Waals surface area contributed by atoms with E-state index in [1.807, 2.05) is 13.8 Å². The summed E-state index contributed by atoms with van der Waals surface area (Å²) in [5.74, 6) is -1.41. The van der Waals surface area contributed by atoms with E-state index in [-0.39, 0.29) is 19.1 Å². The van der Waals surface area contributed by atoms with Gasteiger partial charge in [0, 0.05) is 5.92 Å². The molecule has 5 heteroatoms. The van der Waals surface area contributed by atoms with Crippen molar-refractivity contribution in [1.29, 1.82) is 0 Å². The van der Waals surface area contributed by atoms with Crippen molar-refractivity contribution in [2.75, 3.05) is 13.2 Å². The Morgan fingerprint density at radius 3 is 2.00 bits per heavy atom. The molecule has 0 aromatic carbocycles. The van der Waals surface area contributed by atoms with Gasteiger partial charge in [0.1, 0.15) is 0 Å². The van der Waals surface area contributed by atoms with Crippen molar-refractivity contribution >= 4 is 11.9 Å². The van der Waals surface area contributed by atoms with Gasteiger partial charge in [-0.15, -0.1) is 0 Å². The molecule has 1 saturated carbocycles. The first-order valence-corrected chi connectivity index (χ1v) is 7.92. The fourth-order valence-electron chi connectivity index (χ4n) is 3.38. The molecular formula is C16H28O5. The second-order valence-corrected chi connectivity index (χ2v) is 6.12. The average Bonchev–Trinajstić information content (AvgIpc) is 2.82. The maximum atomic E-state index is 12.6. The van der Waals surface area contributed by atoms with Crippen LogP contribution >= 0.6 is 0 Å². The molecule has 1 aliphatic carbocycles. The number of rotatable bonds is 7. The van der Waals surface area contributed by atoms with Gasteiger partial charge in [-0.3, -0.25) is 9.59 Å². The van der Waals surface area contributed by atoms with Gasteiger partial charge in [-0.25, -0.2) is 0 Å². The molecule has 1 aliphatic rings. The molecule has 1 rings (SSSR count). The smallest absolute Gasteiger partial charge is 0.323 e. The van der Waals surface area contributed by atoms with Gasteiger partial charge in [0.25, 0.3) is 0 Å². The lowest BCUT2D eigenvalue weighted by Crippen LogP contribution is -2.51. The Balaban J connectivity index is 3.25. The van der Waals surface area contributed by atoms with E-state index >= 15 is 0 Å². The van der Waals surface area contributed by atoms with Crippen molar-refractivity contribution in [2.45, 2.75) is 59.5 Å². The first-order chi connectivity index (χ1) is 9.90. The third kappa shape index (κ3) is 3.76. The SMILES string of the molecule is CCOC(=O)C(CC(C)C)(C(=O)OCC)C1CCCC1O. The van der Waals surface area contributed by atoms with Crippen LogP contribution in [0.25, 0.3) is 0 Å². The molecule has 0 saturated heterocycles. The summed E-state index contributed by atoms with van der Waals surface area (Å²) >= 11 is 0. The number of hydrogen-bond donors (Lipinski definition) is 1. The van der Waals surface area contributed by atoms with E-state index in [1.165, 1.54) is 0 Å². The minimum atomic E-state index is -1.38. The molecule has 0 aliphatic heterocycles. The lowest BCUT2D eigenvalue weighted by Gasteiger charge is -2.37. The average molecular weight is 300 g/mol.